The van der Waals surface area contributed by atoms with Crippen LogP contribution in [0.15, 0.2) is 17.7 Å². The van der Waals surface area contributed by atoms with Crippen LogP contribution in [0.1, 0.15) is 57.7 Å². The molecule has 0 saturated heterocycles. The van der Waals surface area contributed by atoms with Crippen molar-refractivity contribution in [2.75, 3.05) is 45.1 Å². The number of carbonyl (C=O) groups excluding carboxylic acids is 3. The number of phenols is 2. The molecule has 0 heterocycles. The average molecular weight is 512 g/mol. The maximum atomic E-state index is 13.8. The predicted octanol–water partition coefficient (Wildman–Crippen LogP) is 3.18. The third-order valence-corrected chi connectivity index (χ3v) is 6.44. The number of amides is 2. The standard InChI is InChI=1S/C27H33N3O7/c1-8-14-17(29(3)4)11-12-18(37-7)19(14)23(32)16-10-9-15-20(24(16)33)25(34)21(27(36)28-13(2)31)26(35)22(15)30(5)6/h11-12,32,34-35H,8-10H2,1-7H3,(H,28,31,36)/b23-16-. The van der Waals surface area contributed by atoms with Gasteiger partial charge in [0.2, 0.25) is 5.91 Å². The molecule has 37 heavy (non-hydrogen) atoms. The number of allylic oxidation sites excluding steroid dienone is 1. The van der Waals surface area contributed by atoms with E-state index in [9.17, 15) is 29.7 Å². The molecule has 0 spiro atoms. The van der Waals surface area contributed by atoms with Crippen LogP contribution in [-0.4, -0.2) is 68.2 Å². The summed E-state index contributed by atoms with van der Waals surface area (Å²) in [4.78, 5) is 41.4. The summed E-state index contributed by atoms with van der Waals surface area (Å²) < 4.78 is 5.52. The summed E-state index contributed by atoms with van der Waals surface area (Å²) >= 11 is 0. The number of aliphatic hydroxyl groups is 1. The van der Waals surface area contributed by atoms with Crippen LogP contribution in [0.5, 0.6) is 17.2 Å². The summed E-state index contributed by atoms with van der Waals surface area (Å²) in [6, 6.07) is 3.58. The number of nitrogens with one attached hydrogen (secondary N) is 1. The van der Waals surface area contributed by atoms with Gasteiger partial charge in [0.05, 0.1) is 23.9 Å². The molecule has 0 atom stereocenters. The number of methoxy groups -OCH3 is 1. The molecule has 3 rings (SSSR count). The number of anilines is 2. The largest absolute Gasteiger partial charge is 0.507 e. The van der Waals surface area contributed by atoms with Gasteiger partial charge in [0.1, 0.15) is 22.8 Å². The molecular formula is C27H33N3O7. The van der Waals surface area contributed by atoms with Crippen LogP contribution in [-0.2, 0) is 17.6 Å². The fourth-order valence-corrected chi connectivity index (χ4v) is 4.88. The van der Waals surface area contributed by atoms with Crippen LogP contribution in [0.2, 0.25) is 0 Å². The van der Waals surface area contributed by atoms with Crippen LogP contribution < -0.4 is 19.9 Å². The number of phenolic OH excluding ortho intramolecular Hbond substituents is 2. The Morgan fingerprint density at radius 2 is 1.68 bits per heavy atom. The Balaban J connectivity index is 2.34. The van der Waals surface area contributed by atoms with E-state index in [4.69, 9.17) is 4.74 Å². The molecule has 0 radical (unpaired) electrons. The van der Waals surface area contributed by atoms with Crippen LogP contribution >= 0.6 is 0 Å². The average Bonchev–Trinajstić information content (AvgIpc) is 2.81. The lowest BCUT2D eigenvalue weighted by Crippen LogP contribution is -2.30. The van der Waals surface area contributed by atoms with Crippen molar-refractivity contribution in [2.45, 2.75) is 33.1 Å². The summed E-state index contributed by atoms with van der Waals surface area (Å²) in [7, 11) is 8.46. The molecule has 2 aromatic rings. The molecule has 0 aromatic heterocycles. The fourth-order valence-electron chi connectivity index (χ4n) is 4.88. The van der Waals surface area contributed by atoms with Crippen molar-refractivity contribution in [3.8, 4) is 17.2 Å². The van der Waals surface area contributed by atoms with Crippen molar-refractivity contribution >= 4 is 34.7 Å². The lowest BCUT2D eigenvalue weighted by atomic mass is 9.81. The van der Waals surface area contributed by atoms with Crippen LogP contribution in [0.4, 0.5) is 11.4 Å². The van der Waals surface area contributed by atoms with Crippen LogP contribution in [0.3, 0.4) is 0 Å². The van der Waals surface area contributed by atoms with Crippen molar-refractivity contribution in [2.24, 2.45) is 0 Å². The van der Waals surface area contributed by atoms with Gasteiger partial charge in [-0.15, -0.1) is 0 Å². The molecule has 10 nitrogen and oxygen atoms in total. The number of ketones is 1. The number of aromatic hydroxyl groups is 2. The fraction of sp³-hybridized carbons (Fsp3) is 0.370. The molecule has 0 fully saturated rings. The second-order valence-electron chi connectivity index (χ2n) is 9.22. The molecule has 10 heteroatoms. The van der Waals surface area contributed by atoms with Gasteiger partial charge in [-0.25, -0.2) is 0 Å². The number of benzene rings is 2. The lowest BCUT2D eigenvalue weighted by Gasteiger charge is -2.28. The number of nitrogens with zero attached hydrogens (tertiary/aromatic N) is 2. The van der Waals surface area contributed by atoms with E-state index in [0.29, 0.717) is 23.3 Å². The summed E-state index contributed by atoms with van der Waals surface area (Å²) in [6.07, 6.45) is 0.858. The summed E-state index contributed by atoms with van der Waals surface area (Å²) in [6.45, 7) is 3.04. The number of rotatable bonds is 6. The molecule has 0 aliphatic heterocycles. The summed E-state index contributed by atoms with van der Waals surface area (Å²) in [5, 5.41) is 35.4. The molecule has 0 bridgehead atoms. The van der Waals surface area contributed by atoms with Crippen molar-refractivity contribution < 1.29 is 34.4 Å². The van der Waals surface area contributed by atoms with Crippen molar-refractivity contribution in [1.29, 1.82) is 0 Å². The number of carbonyl (C=O) groups is 3. The monoisotopic (exact) mass is 511 g/mol. The van der Waals surface area contributed by atoms with E-state index < -0.39 is 34.7 Å². The maximum Gasteiger partial charge on any atom is 0.265 e. The van der Waals surface area contributed by atoms with E-state index in [-0.39, 0.29) is 35.4 Å². The molecular weight excluding hydrogens is 478 g/mol. The maximum absolute atomic E-state index is 13.8. The van der Waals surface area contributed by atoms with E-state index in [1.807, 2.05) is 37.3 Å². The minimum atomic E-state index is -1.05. The molecule has 2 aromatic carbocycles. The number of fused-ring (bicyclic) bond motifs is 1. The normalized spacial score (nSPS) is 14.1. The van der Waals surface area contributed by atoms with E-state index in [0.717, 1.165) is 18.2 Å². The van der Waals surface area contributed by atoms with Gasteiger partial charge in [-0.3, -0.25) is 19.7 Å². The van der Waals surface area contributed by atoms with Gasteiger partial charge in [0.15, 0.2) is 11.5 Å². The quantitative estimate of drug-likeness (QED) is 0.340. The van der Waals surface area contributed by atoms with Crippen LogP contribution in [0.25, 0.3) is 5.76 Å². The molecule has 4 N–H and O–H groups in total. The van der Waals surface area contributed by atoms with Crippen LogP contribution in [0, 0.1) is 0 Å². The van der Waals surface area contributed by atoms with Gasteiger partial charge in [-0.2, -0.15) is 0 Å². The van der Waals surface area contributed by atoms with Gasteiger partial charge in [-0.05, 0) is 42.5 Å². The minimum absolute atomic E-state index is 0.0417. The first kappa shape index (κ1) is 27.4. The van der Waals surface area contributed by atoms with Gasteiger partial charge in [0, 0.05) is 46.4 Å². The number of hydrogen-bond acceptors (Lipinski definition) is 9. The third-order valence-electron chi connectivity index (χ3n) is 6.44. The highest BCUT2D eigenvalue weighted by Crippen LogP contribution is 2.48. The Labute approximate surface area is 215 Å². The molecule has 2 amide bonds. The van der Waals surface area contributed by atoms with Crippen molar-refractivity contribution in [1.82, 2.24) is 5.32 Å². The van der Waals surface area contributed by atoms with E-state index in [1.54, 1.807) is 20.2 Å². The highest BCUT2D eigenvalue weighted by atomic mass is 16.5. The number of aliphatic hydroxyl groups excluding tert-OH is 1. The number of ether oxygens (including phenoxy) is 1. The summed E-state index contributed by atoms with van der Waals surface area (Å²) in [5.41, 5.74) is 1.76. The Bertz CT molecular complexity index is 1330. The Morgan fingerprint density at radius 1 is 1.03 bits per heavy atom. The Morgan fingerprint density at radius 3 is 2.19 bits per heavy atom. The molecule has 0 unspecified atom stereocenters. The second kappa shape index (κ2) is 10.4. The minimum Gasteiger partial charge on any atom is -0.507 e. The van der Waals surface area contributed by atoms with Crippen molar-refractivity contribution in [3.63, 3.8) is 0 Å². The Kier molecular flexibility index (Phi) is 7.71. The van der Waals surface area contributed by atoms with E-state index in [2.05, 4.69) is 0 Å². The smallest absolute Gasteiger partial charge is 0.265 e. The van der Waals surface area contributed by atoms with Gasteiger partial charge < -0.3 is 29.9 Å². The van der Waals surface area contributed by atoms with E-state index in [1.165, 1.54) is 12.0 Å². The lowest BCUT2D eigenvalue weighted by molar-refractivity contribution is -0.118. The zero-order valence-corrected chi connectivity index (χ0v) is 22.1. The van der Waals surface area contributed by atoms with Gasteiger partial charge >= 0.3 is 0 Å². The predicted molar refractivity (Wildman–Crippen MR) is 141 cm³/mol. The molecule has 1 aliphatic carbocycles. The number of imide groups is 1. The SMILES string of the molecule is CCc1c(N(C)C)ccc(OC)c1/C(O)=C1\CCc2c(c(O)c(C(=O)NC(C)=O)c(O)c2N(C)C)C1=O. The van der Waals surface area contributed by atoms with E-state index >= 15 is 0 Å². The first-order valence-electron chi connectivity index (χ1n) is 11.8. The molecule has 198 valence electrons. The van der Waals surface area contributed by atoms with Crippen molar-refractivity contribution in [3.05, 3.63) is 45.5 Å². The first-order chi connectivity index (χ1) is 17.4. The Hall–Kier alpha value is -4.21. The highest BCUT2D eigenvalue weighted by molar-refractivity contribution is 6.20. The summed E-state index contributed by atoms with van der Waals surface area (Å²) in [5.74, 6) is -3.61. The third kappa shape index (κ3) is 4.66. The highest BCUT2D eigenvalue weighted by Gasteiger charge is 2.37. The molecule has 1 aliphatic rings. The second-order valence-corrected chi connectivity index (χ2v) is 9.22. The number of Topliss-reactive ketones (excluding diaryl/α,β-unsaturated/α-hetero) is 1. The number of hydrogen-bond donors (Lipinski definition) is 4. The molecule has 0 saturated carbocycles. The zero-order valence-electron chi connectivity index (χ0n) is 22.1. The van der Waals surface area contributed by atoms with Gasteiger partial charge in [0.25, 0.3) is 5.91 Å². The topological polar surface area (TPSA) is 140 Å². The first-order valence-corrected chi connectivity index (χ1v) is 11.8. The zero-order chi connectivity index (χ0) is 27.8. The van der Waals surface area contributed by atoms with Gasteiger partial charge in [-0.1, -0.05) is 6.92 Å².